The first kappa shape index (κ1) is 15.9. The van der Waals surface area contributed by atoms with Gasteiger partial charge in [0, 0.05) is 6.04 Å². The number of ether oxygens (including phenoxy) is 1. The van der Waals surface area contributed by atoms with Crippen LogP contribution in [0.5, 0.6) is 0 Å². The zero-order valence-corrected chi connectivity index (χ0v) is 10.5. The van der Waals surface area contributed by atoms with Gasteiger partial charge in [0.1, 0.15) is 0 Å². The summed E-state index contributed by atoms with van der Waals surface area (Å²) >= 11 is 0. The number of aliphatic hydroxyl groups is 1. The molecule has 4 nitrogen and oxygen atoms in total. The van der Waals surface area contributed by atoms with Gasteiger partial charge in [0.25, 0.3) is 0 Å². The minimum atomic E-state index is -1.26. The van der Waals surface area contributed by atoms with Gasteiger partial charge in [-0.2, -0.15) is 0 Å². The van der Waals surface area contributed by atoms with E-state index in [1.165, 1.54) is 0 Å². The maximum absolute atomic E-state index is 11.2. The van der Waals surface area contributed by atoms with E-state index in [0.717, 1.165) is 5.56 Å². The Kier molecular flexibility index (Phi) is 7.54. The van der Waals surface area contributed by atoms with Gasteiger partial charge < -0.3 is 15.6 Å². The van der Waals surface area contributed by atoms with Gasteiger partial charge in [0.2, 0.25) is 0 Å². The van der Waals surface area contributed by atoms with Crippen LogP contribution in [-0.4, -0.2) is 29.8 Å². The second kappa shape index (κ2) is 8.06. The number of aliphatic hydroxyl groups excluding tert-OH is 1. The van der Waals surface area contributed by atoms with Crippen molar-refractivity contribution >= 4 is 18.4 Å². The van der Waals surface area contributed by atoms with E-state index in [1.54, 1.807) is 6.92 Å². The van der Waals surface area contributed by atoms with E-state index in [9.17, 15) is 9.90 Å². The van der Waals surface area contributed by atoms with Crippen molar-refractivity contribution in [3.63, 3.8) is 0 Å². The van der Waals surface area contributed by atoms with E-state index >= 15 is 0 Å². The van der Waals surface area contributed by atoms with Crippen LogP contribution in [0.15, 0.2) is 30.3 Å². The summed E-state index contributed by atoms with van der Waals surface area (Å²) in [6.45, 7) is 1.93. The molecule has 0 bridgehead atoms. The van der Waals surface area contributed by atoms with Gasteiger partial charge in [-0.05, 0) is 18.9 Å². The molecule has 0 fully saturated rings. The highest BCUT2D eigenvalue weighted by molar-refractivity contribution is 5.85. The number of halogens is 1. The maximum Gasteiger partial charge on any atom is 0.336 e. The second-order valence-electron chi connectivity index (χ2n) is 3.55. The van der Waals surface area contributed by atoms with Crippen molar-refractivity contribution in [2.24, 2.45) is 5.73 Å². The summed E-state index contributed by atoms with van der Waals surface area (Å²) in [5.41, 5.74) is 6.71. The summed E-state index contributed by atoms with van der Waals surface area (Å²) in [6, 6.07) is 8.84. The molecule has 1 rings (SSSR count). The fourth-order valence-electron chi connectivity index (χ4n) is 1.40. The third-order valence-corrected chi connectivity index (χ3v) is 2.25. The van der Waals surface area contributed by atoms with Crippen molar-refractivity contribution in [1.82, 2.24) is 0 Å². The van der Waals surface area contributed by atoms with Crippen LogP contribution in [0.1, 0.15) is 12.5 Å². The number of hydrogen-bond acceptors (Lipinski definition) is 4. The summed E-state index contributed by atoms with van der Waals surface area (Å²) in [5.74, 6) is -0.661. The summed E-state index contributed by atoms with van der Waals surface area (Å²) in [5, 5.41) is 9.58. The highest BCUT2D eigenvalue weighted by Gasteiger charge is 2.24. The summed E-state index contributed by atoms with van der Waals surface area (Å²) < 4.78 is 4.69. The molecule has 0 aliphatic carbocycles. The molecule has 0 saturated heterocycles. The number of nitrogens with two attached hydrogens (primary N) is 1. The first-order valence-corrected chi connectivity index (χ1v) is 5.29. The van der Waals surface area contributed by atoms with Crippen LogP contribution in [0.3, 0.4) is 0 Å². The largest absolute Gasteiger partial charge is 0.464 e. The van der Waals surface area contributed by atoms with E-state index in [-0.39, 0.29) is 19.0 Å². The Hall–Kier alpha value is -1.10. The fraction of sp³-hybridized carbons (Fsp3) is 0.417. The Labute approximate surface area is 107 Å². The fourth-order valence-corrected chi connectivity index (χ4v) is 1.40. The minimum absolute atomic E-state index is 0. The predicted molar refractivity (Wildman–Crippen MR) is 68.0 cm³/mol. The van der Waals surface area contributed by atoms with Crippen LogP contribution in [0.4, 0.5) is 0 Å². The highest BCUT2D eigenvalue weighted by Crippen LogP contribution is 2.05. The molecule has 0 amide bonds. The molecule has 96 valence electrons. The van der Waals surface area contributed by atoms with Crippen LogP contribution in [0, 0.1) is 0 Å². The molecule has 0 aromatic heterocycles. The number of benzene rings is 1. The topological polar surface area (TPSA) is 72.5 Å². The Morgan fingerprint density at radius 3 is 2.53 bits per heavy atom. The quantitative estimate of drug-likeness (QED) is 0.771. The Morgan fingerprint density at radius 1 is 1.41 bits per heavy atom. The molecular formula is C12H18ClNO3. The van der Waals surface area contributed by atoms with Crippen LogP contribution in [0.25, 0.3) is 0 Å². The lowest BCUT2D eigenvalue weighted by molar-refractivity contribution is -0.154. The lowest BCUT2D eigenvalue weighted by Crippen LogP contribution is -2.42. The smallest absolute Gasteiger partial charge is 0.336 e. The van der Waals surface area contributed by atoms with Crippen LogP contribution in [0.2, 0.25) is 0 Å². The zero-order valence-electron chi connectivity index (χ0n) is 9.70. The molecule has 1 aromatic rings. The van der Waals surface area contributed by atoms with E-state index in [4.69, 9.17) is 10.5 Å². The molecular weight excluding hydrogens is 242 g/mol. The third kappa shape index (κ3) is 5.17. The number of hydrogen-bond donors (Lipinski definition) is 2. The average molecular weight is 260 g/mol. The third-order valence-electron chi connectivity index (χ3n) is 2.25. The van der Waals surface area contributed by atoms with Gasteiger partial charge in [-0.25, -0.2) is 4.79 Å². The normalized spacial score (nSPS) is 13.4. The Bertz CT molecular complexity index is 332. The number of rotatable bonds is 5. The monoisotopic (exact) mass is 259 g/mol. The van der Waals surface area contributed by atoms with Gasteiger partial charge in [-0.1, -0.05) is 30.3 Å². The molecule has 3 N–H and O–H groups in total. The standard InChI is InChI=1S/C12H17NO3.ClH/c1-2-16-12(15)11(14)10(13)8-9-6-4-3-5-7-9;/h3-7,10-11,14H,2,8,13H2,1H3;1H/t10-,11-;/m0./s1. The molecule has 0 spiro atoms. The summed E-state index contributed by atoms with van der Waals surface area (Å²) in [4.78, 5) is 11.2. The molecule has 2 atom stereocenters. The maximum atomic E-state index is 11.2. The van der Waals surface area contributed by atoms with E-state index in [1.807, 2.05) is 30.3 Å². The van der Waals surface area contributed by atoms with Crippen LogP contribution >= 0.6 is 12.4 Å². The zero-order chi connectivity index (χ0) is 12.0. The van der Waals surface area contributed by atoms with Crippen molar-refractivity contribution in [3.05, 3.63) is 35.9 Å². The highest BCUT2D eigenvalue weighted by atomic mass is 35.5. The molecule has 5 heteroatoms. The minimum Gasteiger partial charge on any atom is -0.464 e. The molecule has 0 saturated carbocycles. The number of carbonyl (C=O) groups is 1. The van der Waals surface area contributed by atoms with Gasteiger partial charge >= 0.3 is 5.97 Å². The van der Waals surface area contributed by atoms with E-state index < -0.39 is 18.1 Å². The van der Waals surface area contributed by atoms with Crippen molar-refractivity contribution < 1.29 is 14.6 Å². The van der Waals surface area contributed by atoms with Gasteiger partial charge in [-0.15, -0.1) is 12.4 Å². The number of esters is 1. The second-order valence-corrected chi connectivity index (χ2v) is 3.55. The first-order valence-electron chi connectivity index (χ1n) is 5.29. The lowest BCUT2D eigenvalue weighted by Gasteiger charge is -2.17. The Balaban J connectivity index is 0.00000256. The molecule has 0 heterocycles. The number of carbonyl (C=O) groups excluding carboxylic acids is 1. The van der Waals surface area contributed by atoms with Crippen molar-refractivity contribution in [2.45, 2.75) is 25.5 Å². The molecule has 0 aliphatic heterocycles. The lowest BCUT2D eigenvalue weighted by atomic mass is 10.0. The molecule has 0 unspecified atom stereocenters. The first-order chi connectivity index (χ1) is 7.65. The predicted octanol–water partition coefficient (Wildman–Crippen LogP) is 0.902. The van der Waals surface area contributed by atoms with E-state index in [0.29, 0.717) is 6.42 Å². The van der Waals surface area contributed by atoms with Crippen molar-refractivity contribution in [3.8, 4) is 0 Å². The molecule has 1 aromatic carbocycles. The van der Waals surface area contributed by atoms with Crippen molar-refractivity contribution in [2.75, 3.05) is 6.61 Å². The summed E-state index contributed by atoms with van der Waals surface area (Å²) in [7, 11) is 0. The van der Waals surface area contributed by atoms with Gasteiger partial charge in [0.15, 0.2) is 6.10 Å². The van der Waals surface area contributed by atoms with Crippen molar-refractivity contribution in [1.29, 1.82) is 0 Å². The summed E-state index contributed by atoms with van der Waals surface area (Å²) in [6.07, 6.45) is -0.818. The van der Waals surface area contributed by atoms with Crippen LogP contribution in [-0.2, 0) is 16.0 Å². The van der Waals surface area contributed by atoms with Crippen LogP contribution < -0.4 is 5.73 Å². The Morgan fingerprint density at radius 2 is 2.00 bits per heavy atom. The van der Waals surface area contributed by atoms with Gasteiger partial charge in [0.05, 0.1) is 6.61 Å². The molecule has 0 radical (unpaired) electrons. The van der Waals surface area contributed by atoms with E-state index in [2.05, 4.69) is 0 Å². The SMILES string of the molecule is CCOC(=O)[C@@H](O)[C@@H](N)Cc1ccccc1.Cl. The van der Waals surface area contributed by atoms with Gasteiger partial charge in [-0.3, -0.25) is 0 Å². The molecule has 0 aliphatic rings. The average Bonchev–Trinajstić information content (AvgIpc) is 2.29. The molecule has 17 heavy (non-hydrogen) atoms.